The minimum atomic E-state index is -0.323. The highest BCUT2D eigenvalue weighted by Crippen LogP contribution is 2.24. The zero-order valence-electron chi connectivity index (χ0n) is 16.1. The first kappa shape index (κ1) is 20.8. The van der Waals surface area contributed by atoms with Gasteiger partial charge in [0.05, 0.1) is 0 Å². The maximum atomic E-state index is 14.1. The SMILES string of the molecule is C=CCN(Cc1cc(Br)ccc1F)C(=O)C1CCN(C(=O)N2CCCC2)CC1. The van der Waals surface area contributed by atoms with E-state index in [0.717, 1.165) is 30.4 Å². The lowest BCUT2D eigenvalue weighted by molar-refractivity contribution is -0.137. The van der Waals surface area contributed by atoms with E-state index in [1.54, 1.807) is 23.1 Å². The number of carbonyl (C=O) groups excluding carboxylic acids is 2. The lowest BCUT2D eigenvalue weighted by atomic mass is 9.95. The fourth-order valence-corrected chi connectivity index (χ4v) is 4.35. The number of nitrogens with zero attached hydrogens (tertiary/aromatic N) is 3. The van der Waals surface area contributed by atoms with Crippen LogP contribution < -0.4 is 0 Å². The van der Waals surface area contributed by atoms with Crippen molar-refractivity contribution in [3.63, 3.8) is 0 Å². The summed E-state index contributed by atoms with van der Waals surface area (Å²) in [7, 11) is 0. The summed E-state index contributed by atoms with van der Waals surface area (Å²) in [6.45, 7) is 7.18. The summed E-state index contributed by atoms with van der Waals surface area (Å²) in [6, 6.07) is 4.85. The number of piperidine rings is 1. The second kappa shape index (κ2) is 9.54. The van der Waals surface area contributed by atoms with Crippen molar-refractivity contribution in [3.05, 3.63) is 46.7 Å². The Morgan fingerprint density at radius 2 is 1.82 bits per heavy atom. The number of benzene rings is 1. The van der Waals surface area contributed by atoms with E-state index in [0.29, 0.717) is 38.0 Å². The minimum absolute atomic E-state index is 0.00699. The van der Waals surface area contributed by atoms with Crippen molar-refractivity contribution in [2.24, 2.45) is 5.92 Å². The Morgan fingerprint density at radius 3 is 2.46 bits per heavy atom. The van der Waals surface area contributed by atoms with Gasteiger partial charge in [0, 0.05) is 55.2 Å². The molecule has 2 aliphatic rings. The van der Waals surface area contributed by atoms with E-state index < -0.39 is 0 Å². The highest BCUT2D eigenvalue weighted by Gasteiger charge is 2.32. The second-order valence-corrected chi connectivity index (χ2v) is 8.40. The predicted octanol–water partition coefficient (Wildman–Crippen LogP) is 4.03. The van der Waals surface area contributed by atoms with Crippen LogP contribution in [-0.4, -0.2) is 59.4 Å². The summed E-state index contributed by atoms with van der Waals surface area (Å²) in [5.41, 5.74) is 0.478. The molecule has 3 rings (SSSR count). The van der Waals surface area contributed by atoms with Gasteiger partial charge in [0.2, 0.25) is 5.91 Å². The van der Waals surface area contributed by atoms with E-state index in [9.17, 15) is 14.0 Å². The molecule has 1 aromatic rings. The van der Waals surface area contributed by atoms with Gasteiger partial charge in [0.25, 0.3) is 0 Å². The zero-order valence-corrected chi connectivity index (χ0v) is 17.7. The first-order chi connectivity index (χ1) is 13.5. The average Bonchev–Trinajstić information content (AvgIpc) is 3.24. The van der Waals surface area contributed by atoms with Crippen molar-refractivity contribution in [3.8, 4) is 0 Å². The van der Waals surface area contributed by atoms with Crippen LogP contribution in [0.3, 0.4) is 0 Å². The van der Waals surface area contributed by atoms with E-state index in [1.807, 2.05) is 9.80 Å². The number of rotatable bonds is 5. The van der Waals surface area contributed by atoms with Crippen LogP contribution in [0.15, 0.2) is 35.3 Å². The van der Waals surface area contributed by atoms with Gasteiger partial charge >= 0.3 is 6.03 Å². The van der Waals surface area contributed by atoms with Gasteiger partial charge in [-0.05, 0) is 43.9 Å². The molecule has 152 valence electrons. The molecule has 28 heavy (non-hydrogen) atoms. The Hall–Kier alpha value is -1.89. The minimum Gasteiger partial charge on any atom is -0.334 e. The van der Waals surface area contributed by atoms with Crippen LogP contribution in [0.4, 0.5) is 9.18 Å². The fraction of sp³-hybridized carbons (Fsp3) is 0.524. The van der Waals surface area contributed by atoms with Gasteiger partial charge in [-0.3, -0.25) is 4.79 Å². The van der Waals surface area contributed by atoms with Gasteiger partial charge in [-0.1, -0.05) is 22.0 Å². The Bertz CT molecular complexity index is 728. The monoisotopic (exact) mass is 451 g/mol. The fourth-order valence-electron chi connectivity index (χ4n) is 3.94. The lowest BCUT2D eigenvalue weighted by Gasteiger charge is -2.35. The van der Waals surface area contributed by atoms with Crippen molar-refractivity contribution >= 4 is 27.9 Å². The summed E-state index contributed by atoms with van der Waals surface area (Å²) >= 11 is 3.36. The summed E-state index contributed by atoms with van der Waals surface area (Å²) in [4.78, 5) is 31.0. The Labute approximate surface area is 174 Å². The summed E-state index contributed by atoms with van der Waals surface area (Å²) in [5, 5.41) is 0. The van der Waals surface area contributed by atoms with Crippen LogP contribution in [0.5, 0.6) is 0 Å². The molecule has 2 aliphatic heterocycles. The predicted molar refractivity (Wildman–Crippen MR) is 110 cm³/mol. The van der Waals surface area contributed by atoms with Gasteiger partial charge in [-0.25, -0.2) is 9.18 Å². The number of likely N-dealkylation sites (tertiary alicyclic amines) is 2. The van der Waals surface area contributed by atoms with Crippen molar-refractivity contribution in [2.75, 3.05) is 32.7 Å². The van der Waals surface area contributed by atoms with E-state index >= 15 is 0 Å². The van der Waals surface area contributed by atoms with Crippen molar-refractivity contribution in [2.45, 2.75) is 32.2 Å². The summed E-state index contributed by atoms with van der Waals surface area (Å²) in [5.74, 6) is -0.457. The third-order valence-corrected chi connectivity index (χ3v) is 6.01. The van der Waals surface area contributed by atoms with Crippen LogP contribution in [0.1, 0.15) is 31.2 Å². The number of hydrogen-bond acceptors (Lipinski definition) is 2. The smallest absolute Gasteiger partial charge is 0.319 e. The molecule has 0 N–H and O–H groups in total. The lowest BCUT2D eigenvalue weighted by Crippen LogP contribution is -2.48. The number of hydrogen-bond donors (Lipinski definition) is 0. The molecule has 5 nitrogen and oxygen atoms in total. The van der Waals surface area contributed by atoms with Crippen LogP contribution in [-0.2, 0) is 11.3 Å². The molecule has 1 aromatic carbocycles. The number of urea groups is 1. The molecule has 0 radical (unpaired) electrons. The van der Waals surface area contributed by atoms with E-state index in [2.05, 4.69) is 22.5 Å². The topological polar surface area (TPSA) is 43.9 Å². The molecule has 0 aromatic heterocycles. The third-order valence-electron chi connectivity index (χ3n) is 5.52. The van der Waals surface area contributed by atoms with Gasteiger partial charge in [-0.15, -0.1) is 6.58 Å². The van der Waals surface area contributed by atoms with Crippen LogP contribution in [0.25, 0.3) is 0 Å². The summed E-state index contributed by atoms with van der Waals surface area (Å²) in [6.07, 6.45) is 5.10. The Balaban J connectivity index is 1.60. The number of carbonyl (C=O) groups is 2. The van der Waals surface area contributed by atoms with Gasteiger partial charge < -0.3 is 14.7 Å². The molecule has 0 atom stereocenters. The highest BCUT2D eigenvalue weighted by atomic mass is 79.9. The molecule has 0 spiro atoms. The maximum absolute atomic E-state index is 14.1. The van der Waals surface area contributed by atoms with Gasteiger partial charge in [0.15, 0.2) is 0 Å². The van der Waals surface area contributed by atoms with Crippen LogP contribution in [0.2, 0.25) is 0 Å². The first-order valence-corrected chi connectivity index (χ1v) is 10.7. The Kier molecular flexibility index (Phi) is 7.10. The standard InChI is InChI=1S/C21H27BrFN3O2/c1-2-9-26(15-17-14-18(22)5-6-19(17)23)20(27)16-7-12-25(13-8-16)21(28)24-10-3-4-11-24/h2,5-6,14,16H,1,3-4,7-13,15H2. The molecule has 7 heteroatoms. The molecule has 2 heterocycles. The Morgan fingerprint density at radius 1 is 1.18 bits per heavy atom. The maximum Gasteiger partial charge on any atom is 0.319 e. The molecule has 2 fully saturated rings. The molecule has 2 saturated heterocycles. The van der Waals surface area contributed by atoms with Gasteiger partial charge in [0.1, 0.15) is 5.82 Å². The molecule has 0 unspecified atom stereocenters. The van der Waals surface area contributed by atoms with Crippen molar-refractivity contribution < 1.29 is 14.0 Å². The molecule has 0 aliphatic carbocycles. The largest absolute Gasteiger partial charge is 0.334 e. The normalized spacial score (nSPS) is 17.6. The molecule has 0 bridgehead atoms. The highest BCUT2D eigenvalue weighted by molar-refractivity contribution is 9.10. The molecular weight excluding hydrogens is 425 g/mol. The first-order valence-electron chi connectivity index (χ1n) is 9.87. The quantitative estimate of drug-likeness (QED) is 0.634. The van der Waals surface area contributed by atoms with E-state index in [1.165, 1.54) is 6.07 Å². The molecule has 0 saturated carbocycles. The van der Waals surface area contributed by atoms with Gasteiger partial charge in [-0.2, -0.15) is 0 Å². The average molecular weight is 452 g/mol. The van der Waals surface area contributed by atoms with E-state index in [4.69, 9.17) is 0 Å². The summed E-state index contributed by atoms with van der Waals surface area (Å²) < 4.78 is 14.9. The molecular formula is C21H27BrFN3O2. The zero-order chi connectivity index (χ0) is 20.1. The van der Waals surface area contributed by atoms with Crippen LogP contribution >= 0.6 is 15.9 Å². The van der Waals surface area contributed by atoms with Crippen molar-refractivity contribution in [1.82, 2.24) is 14.7 Å². The molecule has 3 amide bonds. The second-order valence-electron chi connectivity index (χ2n) is 7.48. The van der Waals surface area contributed by atoms with Crippen molar-refractivity contribution in [1.29, 1.82) is 0 Å². The number of amides is 3. The van der Waals surface area contributed by atoms with E-state index in [-0.39, 0.29) is 30.2 Å². The number of halogens is 2. The third kappa shape index (κ3) is 4.93. The van der Waals surface area contributed by atoms with Crippen LogP contribution in [0, 0.1) is 11.7 Å².